The number of halogens is 1. The van der Waals surface area contributed by atoms with Gasteiger partial charge in [0.05, 0.1) is 5.60 Å². The molecule has 0 aromatic heterocycles. The van der Waals surface area contributed by atoms with Gasteiger partial charge in [-0.2, -0.15) is 0 Å². The molecule has 1 aromatic carbocycles. The molecule has 2 rings (SSSR count). The molecule has 3 heteroatoms. The van der Waals surface area contributed by atoms with E-state index in [2.05, 4.69) is 0 Å². The van der Waals surface area contributed by atoms with Gasteiger partial charge in [0.15, 0.2) is 0 Å². The van der Waals surface area contributed by atoms with E-state index < -0.39 is 5.60 Å². The lowest BCUT2D eigenvalue weighted by Gasteiger charge is -2.32. The second kappa shape index (κ2) is 3.91. The summed E-state index contributed by atoms with van der Waals surface area (Å²) in [6.45, 7) is 2.90. The minimum atomic E-state index is -0.912. The summed E-state index contributed by atoms with van der Waals surface area (Å²) in [5, 5.41) is 10.3. The van der Waals surface area contributed by atoms with Crippen molar-refractivity contribution in [3.8, 4) is 0 Å². The van der Waals surface area contributed by atoms with Gasteiger partial charge in [-0.1, -0.05) is 6.07 Å². The first kappa shape index (κ1) is 10.6. The molecule has 15 heavy (non-hydrogen) atoms. The minimum absolute atomic E-state index is 0.287. The predicted molar refractivity (Wildman–Crippen MR) is 55.1 cm³/mol. The summed E-state index contributed by atoms with van der Waals surface area (Å²) >= 11 is 0. The molecule has 0 radical (unpaired) electrons. The Balaban J connectivity index is 2.34. The standard InChI is InChI=1S/C12H15FO2/c1-9-6-10(8-11(13)7-9)12(14)2-4-15-5-3-12/h6-8,14H,2-5H2,1H3. The van der Waals surface area contributed by atoms with Gasteiger partial charge < -0.3 is 9.84 Å². The van der Waals surface area contributed by atoms with Crippen molar-refractivity contribution in [2.75, 3.05) is 13.2 Å². The van der Waals surface area contributed by atoms with Crippen LogP contribution in [-0.4, -0.2) is 18.3 Å². The van der Waals surface area contributed by atoms with E-state index in [1.165, 1.54) is 12.1 Å². The quantitative estimate of drug-likeness (QED) is 0.769. The van der Waals surface area contributed by atoms with Crippen LogP contribution < -0.4 is 0 Å². The Bertz CT molecular complexity index is 336. The lowest BCUT2D eigenvalue weighted by atomic mass is 9.86. The summed E-state index contributed by atoms with van der Waals surface area (Å²) < 4.78 is 18.4. The van der Waals surface area contributed by atoms with E-state index in [9.17, 15) is 9.50 Å². The van der Waals surface area contributed by atoms with Gasteiger partial charge in [-0.15, -0.1) is 0 Å². The largest absolute Gasteiger partial charge is 0.385 e. The fourth-order valence-electron chi connectivity index (χ4n) is 2.00. The van der Waals surface area contributed by atoms with E-state index in [-0.39, 0.29) is 5.82 Å². The SMILES string of the molecule is Cc1cc(F)cc(C2(O)CCOCC2)c1. The van der Waals surface area contributed by atoms with Crippen molar-refractivity contribution in [3.05, 3.63) is 35.1 Å². The fraction of sp³-hybridized carbons (Fsp3) is 0.500. The van der Waals surface area contributed by atoms with Crippen LogP contribution in [0.1, 0.15) is 24.0 Å². The van der Waals surface area contributed by atoms with Gasteiger partial charge in [-0.3, -0.25) is 0 Å². The number of benzene rings is 1. The highest BCUT2D eigenvalue weighted by Crippen LogP contribution is 2.32. The lowest BCUT2D eigenvalue weighted by Crippen LogP contribution is -2.33. The number of rotatable bonds is 1. The Morgan fingerprint density at radius 1 is 1.27 bits per heavy atom. The number of hydrogen-bond acceptors (Lipinski definition) is 2. The Kier molecular flexibility index (Phi) is 2.76. The van der Waals surface area contributed by atoms with E-state index in [0.717, 1.165) is 5.56 Å². The molecule has 0 aliphatic carbocycles. The Hall–Kier alpha value is -0.930. The highest BCUT2D eigenvalue weighted by Gasteiger charge is 2.32. The smallest absolute Gasteiger partial charge is 0.123 e. The second-order valence-corrected chi connectivity index (χ2v) is 4.16. The maximum atomic E-state index is 13.2. The Morgan fingerprint density at radius 3 is 2.53 bits per heavy atom. The molecule has 0 amide bonds. The van der Waals surface area contributed by atoms with Gasteiger partial charge in [0.25, 0.3) is 0 Å². The van der Waals surface area contributed by atoms with Crippen LogP contribution in [0.2, 0.25) is 0 Å². The molecule has 82 valence electrons. The first-order chi connectivity index (χ1) is 7.10. The van der Waals surface area contributed by atoms with Crippen LogP contribution in [0.3, 0.4) is 0 Å². The lowest BCUT2D eigenvalue weighted by molar-refractivity contribution is -0.0681. The zero-order valence-electron chi connectivity index (χ0n) is 8.79. The van der Waals surface area contributed by atoms with Gasteiger partial charge >= 0.3 is 0 Å². The fourth-order valence-corrected chi connectivity index (χ4v) is 2.00. The first-order valence-corrected chi connectivity index (χ1v) is 5.18. The molecule has 1 aromatic rings. The summed E-state index contributed by atoms with van der Waals surface area (Å²) in [4.78, 5) is 0. The average molecular weight is 210 g/mol. The number of hydrogen-bond donors (Lipinski definition) is 1. The van der Waals surface area contributed by atoms with E-state index in [1.54, 1.807) is 0 Å². The molecule has 0 spiro atoms. The second-order valence-electron chi connectivity index (χ2n) is 4.16. The molecule has 0 atom stereocenters. The highest BCUT2D eigenvalue weighted by molar-refractivity contribution is 5.28. The summed E-state index contributed by atoms with van der Waals surface area (Å²) in [6.07, 6.45) is 1.08. The molecule has 1 N–H and O–H groups in total. The summed E-state index contributed by atoms with van der Waals surface area (Å²) in [7, 11) is 0. The van der Waals surface area contributed by atoms with E-state index in [0.29, 0.717) is 31.6 Å². The van der Waals surface area contributed by atoms with Crippen LogP contribution >= 0.6 is 0 Å². The van der Waals surface area contributed by atoms with E-state index in [1.807, 2.05) is 13.0 Å². The number of aryl methyl sites for hydroxylation is 1. The van der Waals surface area contributed by atoms with Crippen LogP contribution in [0.4, 0.5) is 4.39 Å². The van der Waals surface area contributed by atoms with Crippen LogP contribution in [-0.2, 0) is 10.3 Å². The van der Waals surface area contributed by atoms with Crippen molar-refractivity contribution in [2.24, 2.45) is 0 Å². The van der Waals surface area contributed by atoms with Crippen molar-refractivity contribution >= 4 is 0 Å². The summed E-state index contributed by atoms with van der Waals surface area (Å²) in [5.74, 6) is -0.287. The number of aliphatic hydroxyl groups is 1. The molecule has 0 unspecified atom stereocenters. The van der Waals surface area contributed by atoms with E-state index >= 15 is 0 Å². The Morgan fingerprint density at radius 2 is 1.93 bits per heavy atom. The van der Waals surface area contributed by atoms with Gasteiger partial charge in [0, 0.05) is 26.1 Å². The molecule has 1 heterocycles. The van der Waals surface area contributed by atoms with Crippen molar-refractivity contribution in [3.63, 3.8) is 0 Å². The normalized spacial score (nSPS) is 20.2. The average Bonchev–Trinajstić information content (AvgIpc) is 2.17. The third-order valence-corrected chi connectivity index (χ3v) is 2.90. The zero-order chi connectivity index (χ0) is 10.9. The summed E-state index contributed by atoms with van der Waals surface area (Å²) in [6, 6.07) is 4.72. The predicted octanol–water partition coefficient (Wildman–Crippen LogP) is 2.13. The molecule has 1 aliphatic heterocycles. The van der Waals surface area contributed by atoms with Crippen molar-refractivity contribution in [1.82, 2.24) is 0 Å². The van der Waals surface area contributed by atoms with Crippen LogP contribution in [0.5, 0.6) is 0 Å². The molecule has 0 saturated carbocycles. The molecule has 1 aliphatic rings. The molecule has 1 fully saturated rings. The van der Waals surface area contributed by atoms with Gasteiger partial charge in [-0.25, -0.2) is 4.39 Å². The molecule has 0 bridgehead atoms. The third kappa shape index (κ3) is 2.19. The van der Waals surface area contributed by atoms with Crippen molar-refractivity contribution in [2.45, 2.75) is 25.4 Å². The highest BCUT2D eigenvalue weighted by atomic mass is 19.1. The molecular formula is C12H15FO2. The molecule has 1 saturated heterocycles. The minimum Gasteiger partial charge on any atom is -0.385 e. The van der Waals surface area contributed by atoms with E-state index in [4.69, 9.17) is 4.74 Å². The van der Waals surface area contributed by atoms with Gasteiger partial charge in [0.2, 0.25) is 0 Å². The zero-order valence-corrected chi connectivity index (χ0v) is 8.79. The van der Waals surface area contributed by atoms with Crippen LogP contribution in [0, 0.1) is 12.7 Å². The Labute approximate surface area is 88.7 Å². The van der Waals surface area contributed by atoms with Crippen molar-refractivity contribution in [1.29, 1.82) is 0 Å². The first-order valence-electron chi connectivity index (χ1n) is 5.18. The molecular weight excluding hydrogens is 195 g/mol. The van der Waals surface area contributed by atoms with Gasteiger partial charge in [-0.05, 0) is 30.2 Å². The van der Waals surface area contributed by atoms with Crippen LogP contribution in [0.25, 0.3) is 0 Å². The van der Waals surface area contributed by atoms with Crippen molar-refractivity contribution < 1.29 is 14.2 Å². The third-order valence-electron chi connectivity index (χ3n) is 2.90. The number of ether oxygens (including phenoxy) is 1. The topological polar surface area (TPSA) is 29.5 Å². The van der Waals surface area contributed by atoms with Gasteiger partial charge in [0.1, 0.15) is 5.82 Å². The summed E-state index contributed by atoms with van der Waals surface area (Å²) in [5.41, 5.74) is 0.596. The molecule has 2 nitrogen and oxygen atoms in total. The van der Waals surface area contributed by atoms with Crippen LogP contribution in [0.15, 0.2) is 18.2 Å². The maximum Gasteiger partial charge on any atom is 0.123 e. The maximum absolute atomic E-state index is 13.2. The monoisotopic (exact) mass is 210 g/mol.